The molecule has 0 aliphatic carbocycles. The second-order valence-electron chi connectivity index (χ2n) is 4.88. The van der Waals surface area contributed by atoms with Gasteiger partial charge < -0.3 is 15.4 Å². The molecule has 0 aromatic heterocycles. The van der Waals surface area contributed by atoms with Crippen LogP contribution in [0.5, 0.6) is 5.75 Å². The Labute approximate surface area is 145 Å². The molecular formula is C17H18Cl2N2O2. The van der Waals surface area contributed by atoms with E-state index in [2.05, 4.69) is 10.6 Å². The summed E-state index contributed by atoms with van der Waals surface area (Å²) in [7, 11) is 1.48. The smallest absolute Gasteiger partial charge is 0.251 e. The Balaban J connectivity index is 1.79. The maximum atomic E-state index is 12.1. The van der Waals surface area contributed by atoms with E-state index in [0.29, 0.717) is 27.9 Å². The first-order valence-electron chi connectivity index (χ1n) is 7.22. The van der Waals surface area contributed by atoms with E-state index in [0.717, 1.165) is 18.7 Å². The molecule has 0 heterocycles. The zero-order valence-corrected chi connectivity index (χ0v) is 14.2. The molecule has 0 saturated carbocycles. The van der Waals surface area contributed by atoms with Crippen LogP contribution >= 0.6 is 23.2 Å². The molecule has 2 rings (SSSR count). The number of hydrogen-bond donors (Lipinski definition) is 2. The summed E-state index contributed by atoms with van der Waals surface area (Å²) >= 11 is 12.1. The van der Waals surface area contributed by atoms with E-state index >= 15 is 0 Å². The van der Waals surface area contributed by atoms with E-state index in [1.54, 1.807) is 12.1 Å². The summed E-state index contributed by atoms with van der Waals surface area (Å²) < 4.78 is 5.06. The zero-order valence-electron chi connectivity index (χ0n) is 12.7. The first kappa shape index (κ1) is 17.4. The molecule has 0 saturated heterocycles. The fourth-order valence-corrected chi connectivity index (χ4v) is 2.71. The minimum absolute atomic E-state index is 0.212. The number of rotatable bonds is 7. The highest BCUT2D eigenvalue weighted by Gasteiger charge is 2.13. The molecule has 0 bridgehead atoms. The standard InChI is InChI=1S/C17H18Cl2N2O2/c1-23-16-14(18)10-12(11-15(16)19)17(22)21-9-5-8-20-13-6-3-2-4-7-13/h2-4,6-7,10-11,20H,5,8-9H2,1H3,(H,21,22). The van der Waals surface area contributed by atoms with Gasteiger partial charge in [0.25, 0.3) is 5.91 Å². The summed E-state index contributed by atoms with van der Waals surface area (Å²) in [5.41, 5.74) is 1.48. The average Bonchev–Trinajstić information content (AvgIpc) is 2.55. The third kappa shape index (κ3) is 5.05. The van der Waals surface area contributed by atoms with Crippen molar-refractivity contribution in [3.63, 3.8) is 0 Å². The van der Waals surface area contributed by atoms with Gasteiger partial charge in [0, 0.05) is 24.3 Å². The van der Waals surface area contributed by atoms with Crippen molar-refractivity contribution in [2.45, 2.75) is 6.42 Å². The number of carbonyl (C=O) groups is 1. The number of halogens is 2. The van der Waals surface area contributed by atoms with E-state index in [1.807, 2.05) is 30.3 Å². The number of benzene rings is 2. The van der Waals surface area contributed by atoms with Gasteiger partial charge in [0.15, 0.2) is 5.75 Å². The van der Waals surface area contributed by atoms with Crippen LogP contribution in [-0.2, 0) is 0 Å². The Kier molecular flexibility index (Phi) is 6.56. The fourth-order valence-electron chi connectivity index (χ4n) is 2.07. The Morgan fingerprint density at radius 1 is 1.09 bits per heavy atom. The van der Waals surface area contributed by atoms with Crippen LogP contribution in [0.2, 0.25) is 10.0 Å². The number of hydrogen-bond acceptors (Lipinski definition) is 3. The van der Waals surface area contributed by atoms with Crippen LogP contribution in [0.1, 0.15) is 16.8 Å². The summed E-state index contributed by atoms with van der Waals surface area (Å²) in [4.78, 5) is 12.1. The molecule has 23 heavy (non-hydrogen) atoms. The topological polar surface area (TPSA) is 50.4 Å². The van der Waals surface area contributed by atoms with Gasteiger partial charge in [-0.05, 0) is 30.7 Å². The van der Waals surface area contributed by atoms with Crippen LogP contribution in [0, 0.1) is 0 Å². The molecule has 2 aromatic rings. The van der Waals surface area contributed by atoms with Gasteiger partial charge in [0.05, 0.1) is 17.2 Å². The first-order valence-corrected chi connectivity index (χ1v) is 7.97. The molecule has 2 N–H and O–H groups in total. The first-order chi connectivity index (χ1) is 11.1. The van der Waals surface area contributed by atoms with Gasteiger partial charge in [-0.2, -0.15) is 0 Å². The lowest BCUT2D eigenvalue weighted by Gasteiger charge is -2.10. The van der Waals surface area contributed by atoms with Crippen molar-refractivity contribution in [1.29, 1.82) is 0 Å². The van der Waals surface area contributed by atoms with E-state index in [-0.39, 0.29) is 5.91 Å². The molecule has 2 aromatic carbocycles. The molecule has 6 heteroatoms. The maximum Gasteiger partial charge on any atom is 0.251 e. The number of carbonyl (C=O) groups excluding carboxylic acids is 1. The lowest BCUT2D eigenvalue weighted by Crippen LogP contribution is -2.25. The number of ether oxygens (including phenoxy) is 1. The van der Waals surface area contributed by atoms with Crippen molar-refractivity contribution >= 4 is 34.8 Å². The molecule has 0 radical (unpaired) electrons. The predicted molar refractivity (Wildman–Crippen MR) is 94.9 cm³/mol. The number of nitrogens with one attached hydrogen (secondary N) is 2. The summed E-state index contributed by atoms with van der Waals surface area (Å²) in [5.74, 6) is 0.160. The highest BCUT2D eigenvalue weighted by atomic mass is 35.5. The molecule has 0 atom stereocenters. The number of para-hydroxylation sites is 1. The number of amides is 1. The van der Waals surface area contributed by atoms with Crippen LogP contribution in [0.15, 0.2) is 42.5 Å². The molecule has 0 spiro atoms. The lowest BCUT2D eigenvalue weighted by atomic mass is 10.2. The molecule has 0 fully saturated rings. The van der Waals surface area contributed by atoms with Gasteiger partial charge >= 0.3 is 0 Å². The molecule has 0 aliphatic rings. The van der Waals surface area contributed by atoms with E-state index < -0.39 is 0 Å². The molecule has 0 aliphatic heterocycles. The molecule has 1 amide bonds. The monoisotopic (exact) mass is 352 g/mol. The average molecular weight is 353 g/mol. The Morgan fingerprint density at radius 3 is 2.35 bits per heavy atom. The van der Waals surface area contributed by atoms with Crippen molar-refractivity contribution in [2.24, 2.45) is 0 Å². The van der Waals surface area contributed by atoms with Crippen LogP contribution < -0.4 is 15.4 Å². The van der Waals surface area contributed by atoms with Crippen molar-refractivity contribution in [3.05, 3.63) is 58.1 Å². The third-order valence-electron chi connectivity index (χ3n) is 3.21. The maximum absolute atomic E-state index is 12.1. The Morgan fingerprint density at radius 2 is 1.74 bits per heavy atom. The van der Waals surface area contributed by atoms with Crippen LogP contribution in [0.4, 0.5) is 5.69 Å². The van der Waals surface area contributed by atoms with Gasteiger partial charge in [-0.1, -0.05) is 41.4 Å². The van der Waals surface area contributed by atoms with Crippen molar-refractivity contribution in [3.8, 4) is 5.75 Å². The Bertz CT molecular complexity index is 640. The van der Waals surface area contributed by atoms with Gasteiger partial charge in [-0.25, -0.2) is 0 Å². The van der Waals surface area contributed by atoms with Crippen molar-refractivity contribution < 1.29 is 9.53 Å². The molecular weight excluding hydrogens is 335 g/mol. The zero-order chi connectivity index (χ0) is 16.7. The van der Waals surface area contributed by atoms with Gasteiger partial charge in [-0.15, -0.1) is 0 Å². The highest BCUT2D eigenvalue weighted by molar-refractivity contribution is 6.37. The van der Waals surface area contributed by atoms with E-state index in [4.69, 9.17) is 27.9 Å². The summed E-state index contributed by atoms with van der Waals surface area (Å²) in [5, 5.41) is 6.75. The van der Waals surface area contributed by atoms with Crippen molar-refractivity contribution in [1.82, 2.24) is 5.32 Å². The summed E-state index contributed by atoms with van der Waals surface area (Å²) in [6, 6.07) is 13.0. The fraction of sp³-hybridized carbons (Fsp3) is 0.235. The van der Waals surface area contributed by atoms with Gasteiger partial charge in [0.1, 0.15) is 0 Å². The van der Waals surface area contributed by atoms with Crippen LogP contribution in [0.25, 0.3) is 0 Å². The third-order valence-corrected chi connectivity index (χ3v) is 3.77. The SMILES string of the molecule is COc1c(Cl)cc(C(=O)NCCCNc2ccccc2)cc1Cl. The van der Waals surface area contributed by atoms with Gasteiger partial charge in [-0.3, -0.25) is 4.79 Å². The van der Waals surface area contributed by atoms with Crippen LogP contribution in [-0.4, -0.2) is 26.1 Å². The largest absolute Gasteiger partial charge is 0.494 e. The Hall–Kier alpha value is -1.91. The van der Waals surface area contributed by atoms with Crippen molar-refractivity contribution in [2.75, 3.05) is 25.5 Å². The summed E-state index contributed by atoms with van der Waals surface area (Å²) in [6.07, 6.45) is 0.804. The number of methoxy groups -OCH3 is 1. The van der Waals surface area contributed by atoms with Gasteiger partial charge in [0.2, 0.25) is 0 Å². The highest BCUT2D eigenvalue weighted by Crippen LogP contribution is 2.33. The predicted octanol–water partition coefficient (Wildman–Crippen LogP) is 4.23. The van der Waals surface area contributed by atoms with Crippen LogP contribution in [0.3, 0.4) is 0 Å². The minimum Gasteiger partial charge on any atom is -0.494 e. The quantitative estimate of drug-likeness (QED) is 0.733. The minimum atomic E-state index is -0.212. The molecule has 122 valence electrons. The molecule has 4 nitrogen and oxygen atoms in total. The summed E-state index contributed by atoms with van der Waals surface area (Å²) in [6.45, 7) is 1.33. The van der Waals surface area contributed by atoms with E-state index in [9.17, 15) is 4.79 Å². The lowest BCUT2D eigenvalue weighted by molar-refractivity contribution is 0.0953. The second-order valence-corrected chi connectivity index (χ2v) is 5.69. The second kappa shape index (κ2) is 8.65. The normalized spacial score (nSPS) is 10.2. The molecule has 0 unspecified atom stereocenters. The number of anilines is 1. The van der Waals surface area contributed by atoms with E-state index in [1.165, 1.54) is 7.11 Å².